The van der Waals surface area contributed by atoms with Gasteiger partial charge in [0.05, 0.1) is 12.2 Å². The highest BCUT2D eigenvalue weighted by Gasteiger charge is 2.30. The van der Waals surface area contributed by atoms with Crippen molar-refractivity contribution < 1.29 is 24.6 Å². The molecule has 1 aliphatic rings. The minimum atomic E-state index is -1.21. The minimum absolute atomic E-state index is 0.0114. The Morgan fingerprint density at radius 3 is 2.50 bits per heavy atom. The van der Waals surface area contributed by atoms with Gasteiger partial charge in [0.1, 0.15) is 0 Å². The molecule has 1 saturated heterocycles. The molecule has 3 N–H and O–H groups in total. The second-order valence-corrected chi connectivity index (χ2v) is 4.67. The lowest BCUT2D eigenvalue weighted by atomic mass is 10.1. The largest absolute Gasteiger partial charge is 0.513 e. The molecule has 1 aliphatic heterocycles. The predicted molar refractivity (Wildman–Crippen MR) is 70.9 cm³/mol. The summed E-state index contributed by atoms with van der Waals surface area (Å²) in [6.45, 7) is 7.58. The summed E-state index contributed by atoms with van der Waals surface area (Å²) in [6.07, 6.45) is -0.0571. The molecule has 0 saturated carbocycles. The van der Waals surface area contributed by atoms with Crippen LogP contribution in [0.3, 0.4) is 0 Å². The number of amides is 2. The zero-order valence-corrected chi connectivity index (χ0v) is 11.1. The lowest BCUT2D eigenvalue weighted by Crippen LogP contribution is -2.36. The predicted octanol–water partition coefficient (Wildman–Crippen LogP) is 0.0537. The fourth-order valence-corrected chi connectivity index (χ4v) is 1.87. The Kier molecular flexibility index (Phi) is 5.31. The van der Waals surface area contributed by atoms with Crippen LogP contribution in [0.1, 0.15) is 12.8 Å². The Labute approximate surface area is 116 Å². The zero-order chi connectivity index (χ0) is 15.3. The molecule has 20 heavy (non-hydrogen) atoms. The van der Waals surface area contributed by atoms with Crippen LogP contribution in [0.4, 0.5) is 0 Å². The molecule has 7 heteroatoms. The van der Waals surface area contributed by atoms with Crippen LogP contribution in [0.25, 0.3) is 0 Å². The maximum atomic E-state index is 11.6. The van der Waals surface area contributed by atoms with Gasteiger partial charge in [-0.3, -0.25) is 9.59 Å². The molecule has 1 fully saturated rings. The molecule has 0 radical (unpaired) electrons. The normalized spacial score (nSPS) is 17.9. The van der Waals surface area contributed by atoms with Crippen molar-refractivity contribution in [2.45, 2.75) is 12.8 Å². The van der Waals surface area contributed by atoms with Gasteiger partial charge < -0.3 is 20.4 Å². The third kappa shape index (κ3) is 4.42. The lowest BCUT2D eigenvalue weighted by Gasteiger charge is -2.16. The topological polar surface area (TPSA) is 107 Å². The van der Waals surface area contributed by atoms with Gasteiger partial charge in [0.25, 0.3) is 0 Å². The van der Waals surface area contributed by atoms with Crippen molar-refractivity contribution >= 4 is 17.8 Å². The summed E-state index contributed by atoms with van der Waals surface area (Å²) < 4.78 is 0. The molecule has 0 spiro atoms. The number of nitrogens with one attached hydrogen (secondary N) is 1. The summed E-state index contributed by atoms with van der Waals surface area (Å²) in [5, 5.41) is 20.3. The number of aliphatic hydroxyl groups excluding tert-OH is 1. The molecule has 0 bridgehead atoms. The summed E-state index contributed by atoms with van der Waals surface area (Å²) in [5.41, 5.74) is -0.184. The Morgan fingerprint density at radius 2 is 2.00 bits per heavy atom. The number of aliphatic hydroxyl groups is 1. The summed E-state index contributed by atoms with van der Waals surface area (Å²) in [5.74, 6) is -2.03. The molecular formula is C13H18N2O5. The molecule has 0 aliphatic carbocycles. The van der Waals surface area contributed by atoms with Crippen molar-refractivity contribution in [1.82, 2.24) is 10.2 Å². The van der Waals surface area contributed by atoms with Crippen LogP contribution in [0.5, 0.6) is 0 Å². The van der Waals surface area contributed by atoms with Gasteiger partial charge in [-0.1, -0.05) is 13.2 Å². The van der Waals surface area contributed by atoms with Crippen molar-refractivity contribution in [3.63, 3.8) is 0 Å². The van der Waals surface area contributed by atoms with Gasteiger partial charge in [-0.05, 0) is 0 Å². The lowest BCUT2D eigenvalue weighted by molar-refractivity contribution is -0.134. The first-order chi connectivity index (χ1) is 9.31. The van der Waals surface area contributed by atoms with Gasteiger partial charge in [0, 0.05) is 37.5 Å². The van der Waals surface area contributed by atoms with Crippen LogP contribution >= 0.6 is 0 Å². The Balaban J connectivity index is 2.29. The highest BCUT2D eigenvalue weighted by Crippen LogP contribution is 2.21. The van der Waals surface area contributed by atoms with E-state index in [0.717, 1.165) is 0 Å². The number of carboxylic acids is 1. The van der Waals surface area contributed by atoms with Gasteiger partial charge in [0.2, 0.25) is 11.8 Å². The maximum absolute atomic E-state index is 11.6. The molecule has 0 aromatic heterocycles. The first kappa shape index (κ1) is 15.7. The minimum Gasteiger partial charge on any atom is -0.513 e. The van der Waals surface area contributed by atoms with E-state index in [2.05, 4.69) is 18.5 Å². The molecule has 1 unspecified atom stereocenters. The van der Waals surface area contributed by atoms with Crippen LogP contribution in [0.15, 0.2) is 24.5 Å². The number of hydrogen-bond acceptors (Lipinski definition) is 4. The van der Waals surface area contributed by atoms with Gasteiger partial charge in [-0.25, -0.2) is 4.79 Å². The van der Waals surface area contributed by atoms with E-state index in [0.29, 0.717) is 13.1 Å². The summed E-state index contributed by atoms with van der Waals surface area (Å²) >= 11 is 0. The second-order valence-electron chi connectivity index (χ2n) is 4.67. The summed E-state index contributed by atoms with van der Waals surface area (Å²) in [7, 11) is 0. The first-order valence-electron chi connectivity index (χ1n) is 6.14. The molecule has 110 valence electrons. The average molecular weight is 282 g/mol. The van der Waals surface area contributed by atoms with E-state index in [1.807, 2.05) is 0 Å². The number of carbonyl (C=O) groups is 3. The molecule has 1 atom stereocenters. The van der Waals surface area contributed by atoms with Crippen LogP contribution in [-0.2, 0) is 14.4 Å². The molecular weight excluding hydrogens is 264 g/mol. The van der Waals surface area contributed by atoms with Gasteiger partial charge in [-0.15, -0.1) is 0 Å². The molecule has 0 aromatic carbocycles. The molecule has 7 nitrogen and oxygen atoms in total. The molecule has 0 aromatic rings. The smallest absolute Gasteiger partial charge is 0.331 e. The third-order valence-electron chi connectivity index (χ3n) is 3.07. The van der Waals surface area contributed by atoms with Crippen LogP contribution in [0, 0.1) is 5.92 Å². The number of nitrogens with zero attached hydrogens (tertiary/aromatic N) is 1. The number of likely N-dealkylation sites (tertiary alicyclic amines) is 1. The fourth-order valence-electron chi connectivity index (χ4n) is 1.87. The summed E-state index contributed by atoms with van der Waals surface area (Å²) in [6, 6.07) is 0. The number of rotatable bonds is 7. The Hall–Kier alpha value is -2.31. The molecule has 1 heterocycles. The SMILES string of the molecule is C=C(CC(=O)NCCN1CC(C(=C)O)CC1=O)C(=O)O. The average Bonchev–Trinajstić information content (AvgIpc) is 2.71. The number of carboxylic acid groups (broad SMARTS) is 1. The van der Waals surface area contributed by atoms with Gasteiger partial charge in [-0.2, -0.15) is 0 Å². The van der Waals surface area contributed by atoms with Gasteiger partial charge >= 0.3 is 5.97 Å². The first-order valence-corrected chi connectivity index (χ1v) is 6.14. The Bertz CT molecular complexity index is 458. The van der Waals surface area contributed by atoms with E-state index in [1.54, 1.807) is 0 Å². The van der Waals surface area contributed by atoms with Crippen molar-refractivity contribution in [2.75, 3.05) is 19.6 Å². The van der Waals surface area contributed by atoms with Crippen molar-refractivity contribution in [1.29, 1.82) is 0 Å². The highest BCUT2D eigenvalue weighted by molar-refractivity contribution is 5.93. The van der Waals surface area contributed by atoms with E-state index in [9.17, 15) is 19.5 Å². The molecule has 2 amide bonds. The maximum Gasteiger partial charge on any atom is 0.331 e. The Morgan fingerprint density at radius 1 is 1.35 bits per heavy atom. The van der Waals surface area contributed by atoms with Crippen LogP contribution < -0.4 is 5.32 Å². The van der Waals surface area contributed by atoms with Crippen molar-refractivity contribution in [3.8, 4) is 0 Å². The van der Waals surface area contributed by atoms with E-state index in [-0.39, 0.29) is 42.5 Å². The number of aliphatic carboxylic acids is 1. The standard InChI is InChI=1S/C13H18N2O5/c1-8(13(19)20)5-11(17)14-3-4-15-7-10(9(2)16)6-12(15)18/h10,16H,1-7H2,(H,14,17)(H,19,20). The van der Waals surface area contributed by atoms with Crippen molar-refractivity contribution in [3.05, 3.63) is 24.5 Å². The van der Waals surface area contributed by atoms with Crippen LogP contribution in [0.2, 0.25) is 0 Å². The highest BCUT2D eigenvalue weighted by atomic mass is 16.4. The van der Waals surface area contributed by atoms with Gasteiger partial charge in [0.15, 0.2) is 0 Å². The monoisotopic (exact) mass is 282 g/mol. The number of carbonyl (C=O) groups excluding carboxylic acids is 2. The summed E-state index contributed by atoms with van der Waals surface area (Å²) in [4.78, 5) is 35.0. The quantitative estimate of drug-likeness (QED) is 0.452. The van der Waals surface area contributed by atoms with E-state index < -0.39 is 11.9 Å². The van der Waals surface area contributed by atoms with Crippen LogP contribution in [-0.4, -0.2) is 52.5 Å². The zero-order valence-electron chi connectivity index (χ0n) is 11.1. The third-order valence-corrected chi connectivity index (χ3v) is 3.07. The van der Waals surface area contributed by atoms with Crippen molar-refractivity contribution in [2.24, 2.45) is 5.92 Å². The van der Waals surface area contributed by atoms with E-state index in [4.69, 9.17) is 5.11 Å². The second kappa shape index (κ2) is 6.74. The fraction of sp³-hybridized carbons (Fsp3) is 0.462. The molecule has 1 rings (SSSR count). The number of hydrogen-bond donors (Lipinski definition) is 3. The van der Waals surface area contributed by atoms with E-state index >= 15 is 0 Å². The van der Waals surface area contributed by atoms with E-state index in [1.165, 1.54) is 4.90 Å².